The van der Waals surface area contributed by atoms with Gasteiger partial charge in [0.15, 0.2) is 4.96 Å². The number of morpholine rings is 1. The van der Waals surface area contributed by atoms with E-state index in [9.17, 15) is 13.2 Å². The van der Waals surface area contributed by atoms with Gasteiger partial charge in [0.25, 0.3) is 0 Å². The van der Waals surface area contributed by atoms with Crippen LogP contribution in [0.3, 0.4) is 0 Å². The van der Waals surface area contributed by atoms with Crippen molar-refractivity contribution >= 4 is 44.0 Å². The Morgan fingerprint density at radius 2 is 1.79 bits per heavy atom. The smallest absolute Gasteiger partial charge is 0.248 e. The third-order valence-electron chi connectivity index (χ3n) is 5.46. The lowest BCUT2D eigenvalue weighted by molar-refractivity contribution is -0.111. The number of carbonyl (C=O) groups excluding carboxylic acids is 1. The number of hydrogen-bond donors (Lipinski definition) is 1. The van der Waals surface area contributed by atoms with E-state index in [0.29, 0.717) is 32.0 Å². The van der Waals surface area contributed by atoms with Crippen molar-refractivity contribution in [1.82, 2.24) is 13.7 Å². The summed E-state index contributed by atoms with van der Waals surface area (Å²) in [6, 6.07) is 14.0. The van der Waals surface area contributed by atoms with Gasteiger partial charge in [0.05, 0.1) is 23.8 Å². The largest absolute Gasteiger partial charge is 0.379 e. The molecule has 0 atom stereocenters. The summed E-state index contributed by atoms with van der Waals surface area (Å²) in [5.74, 6) is -0.278. The number of nitrogens with zero attached hydrogens (tertiary/aromatic N) is 3. The number of nitrogens with one attached hydrogen (secondary N) is 1. The second-order valence-corrected chi connectivity index (χ2v) is 10.5. The maximum absolute atomic E-state index is 12.7. The first-order valence-electron chi connectivity index (χ1n) is 10.7. The number of amides is 1. The van der Waals surface area contributed by atoms with E-state index in [-0.39, 0.29) is 10.8 Å². The topological polar surface area (TPSA) is 93.0 Å². The first-order chi connectivity index (χ1) is 16.5. The number of hydrogen-bond acceptors (Lipinski definition) is 6. The molecule has 0 bridgehead atoms. The number of anilines is 1. The van der Waals surface area contributed by atoms with Gasteiger partial charge in [0, 0.05) is 48.2 Å². The molecule has 1 aliphatic rings. The van der Waals surface area contributed by atoms with Crippen LogP contribution in [0, 0.1) is 0 Å². The fourth-order valence-electron chi connectivity index (χ4n) is 3.63. The number of fused-ring (bicyclic) bond motifs is 1. The van der Waals surface area contributed by atoms with Gasteiger partial charge in [-0.15, -0.1) is 11.3 Å². The summed E-state index contributed by atoms with van der Waals surface area (Å²) in [6.07, 6.45) is 7.00. The Balaban J connectivity index is 1.20. The molecule has 0 spiro atoms. The maximum Gasteiger partial charge on any atom is 0.248 e. The molecular formula is C24H22N4O4S2. The van der Waals surface area contributed by atoms with Crippen LogP contribution in [0.15, 0.2) is 77.3 Å². The van der Waals surface area contributed by atoms with Crippen LogP contribution in [0.1, 0.15) is 5.56 Å². The molecule has 4 aromatic rings. The average molecular weight is 495 g/mol. The van der Waals surface area contributed by atoms with Crippen LogP contribution in [0.4, 0.5) is 5.69 Å². The van der Waals surface area contributed by atoms with Gasteiger partial charge in [-0.05, 0) is 35.9 Å². The van der Waals surface area contributed by atoms with Crippen LogP contribution >= 0.6 is 11.3 Å². The minimum absolute atomic E-state index is 0.230. The lowest BCUT2D eigenvalue weighted by atomic mass is 10.1. The summed E-state index contributed by atoms with van der Waals surface area (Å²) >= 11 is 1.58. The van der Waals surface area contributed by atoms with Gasteiger partial charge < -0.3 is 10.1 Å². The predicted molar refractivity (Wildman–Crippen MR) is 132 cm³/mol. The monoisotopic (exact) mass is 494 g/mol. The van der Waals surface area contributed by atoms with Gasteiger partial charge in [-0.2, -0.15) is 4.31 Å². The zero-order valence-corrected chi connectivity index (χ0v) is 19.8. The molecule has 8 nitrogen and oxygen atoms in total. The molecule has 1 N–H and O–H groups in total. The zero-order valence-electron chi connectivity index (χ0n) is 18.1. The number of thiazole rings is 1. The van der Waals surface area contributed by atoms with Gasteiger partial charge in [0.2, 0.25) is 15.9 Å². The number of sulfonamides is 1. The Morgan fingerprint density at radius 3 is 2.50 bits per heavy atom. The molecule has 0 aliphatic carbocycles. The number of imidazole rings is 1. The molecule has 0 saturated carbocycles. The Labute approximate surface area is 201 Å². The van der Waals surface area contributed by atoms with Gasteiger partial charge in [-0.3, -0.25) is 9.20 Å². The van der Waals surface area contributed by atoms with Crippen LogP contribution < -0.4 is 5.32 Å². The highest BCUT2D eigenvalue weighted by molar-refractivity contribution is 7.89. The van der Waals surface area contributed by atoms with Crippen molar-refractivity contribution in [3.05, 3.63) is 77.9 Å². The van der Waals surface area contributed by atoms with Gasteiger partial charge in [-0.1, -0.05) is 24.3 Å². The number of benzene rings is 2. The molecule has 3 heterocycles. The van der Waals surface area contributed by atoms with Crippen molar-refractivity contribution in [2.75, 3.05) is 31.6 Å². The highest BCUT2D eigenvalue weighted by Crippen LogP contribution is 2.23. The van der Waals surface area contributed by atoms with Gasteiger partial charge in [0.1, 0.15) is 0 Å². The molecule has 10 heteroatoms. The van der Waals surface area contributed by atoms with Crippen molar-refractivity contribution in [1.29, 1.82) is 0 Å². The Hall–Kier alpha value is -3.31. The van der Waals surface area contributed by atoms with E-state index < -0.39 is 10.0 Å². The number of aromatic nitrogens is 2. The summed E-state index contributed by atoms with van der Waals surface area (Å²) in [6.45, 7) is 1.51. The number of carbonyl (C=O) groups is 1. The van der Waals surface area contributed by atoms with Crippen LogP contribution in [0.2, 0.25) is 0 Å². The van der Waals surface area contributed by atoms with E-state index in [0.717, 1.165) is 21.8 Å². The minimum atomic E-state index is -3.53. The highest BCUT2D eigenvalue weighted by atomic mass is 32.2. The van der Waals surface area contributed by atoms with Gasteiger partial charge >= 0.3 is 0 Å². The van der Waals surface area contributed by atoms with Crippen molar-refractivity contribution < 1.29 is 17.9 Å². The predicted octanol–water partition coefficient (Wildman–Crippen LogP) is 3.74. The molecule has 174 valence electrons. The Bertz CT molecular complexity index is 1400. The first kappa shape index (κ1) is 22.5. The summed E-state index contributed by atoms with van der Waals surface area (Å²) in [4.78, 5) is 18.1. The number of ether oxygens (including phenoxy) is 1. The fourth-order valence-corrected chi connectivity index (χ4v) is 5.74. The lowest BCUT2D eigenvalue weighted by Crippen LogP contribution is -2.40. The maximum atomic E-state index is 12.7. The summed E-state index contributed by atoms with van der Waals surface area (Å²) < 4.78 is 34.0. The van der Waals surface area contributed by atoms with Crippen molar-refractivity contribution in [3.63, 3.8) is 0 Å². The molecule has 34 heavy (non-hydrogen) atoms. The molecule has 2 aromatic heterocycles. The van der Waals surface area contributed by atoms with Crippen LogP contribution in [0.5, 0.6) is 0 Å². The molecule has 1 amide bonds. The molecular weight excluding hydrogens is 472 g/mol. The van der Waals surface area contributed by atoms with Crippen molar-refractivity contribution in [2.45, 2.75) is 4.90 Å². The summed E-state index contributed by atoms with van der Waals surface area (Å²) in [5.41, 5.74) is 3.25. The van der Waals surface area contributed by atoms with E-state index in [2.05, 4.69) is 10.3 Å². The third kappa shape index (κ3) is 4.80. The first-order valence-corrected chi connectivity index (χ1v) is 13.0. The second-order valence-electron chi connectivity index (χ2n) is 7.70. The quantitative estimate of drug-likeness (QED) is 0.412. The van der Waals surface area contributed by atoms with Crippen molar-refractivity contribution in [2.24, 2.45) is 0 Å². The molecule has 2 aromatic carbocycles. The molecule has 1 fully saturated rings. The van der Waals surface area contributed by atoms with Crippen molar-refractivity contribution in [3.8, 4) is 11.3 Å². The average Bonchev–Trinajstić information content (AvgIpc) is 3.47. The fraction of sp³-hybridized carbons (Fsp3) is 0.167. The van der Waals surface area contributed by atoms with Crippen LogP contribution in [-0.4, -0.2) is 54.3 Å². The summed E-state index contributed by atoms with van der Waals surface area (Å²) in [7, 11) is -3.53. The Kier molecular flexibility index (Phi) is 6.29. The van der Waals surface area contributed by atoms with Gasteiger partial charge in [-0.25, -0.2) is 13.4 Å². The lowest BCUT2D eigenvalue weighted by Gasteiger charge is -2.26. The SMILES string of the molecule is O=C(/C=C/c1ccc(S(=O)(=O)N2CCOCC2)cc1)Nc1ccc(-c2cn3ccsc3n2)cc1. The standard InChI is InChI=1S/C24H22N4O4S2/c29-23(25-20-6-4-19(5-7-20)22-17-27-13-16-33-24(27)26-22)10-3-18-1-8-21(9-2-18)34(30,31)28-11-14-32-15-12-28/h1-10,13,16-17H,11-12,14-15H2,(H,25,29)/b10-3+. The molecule has 5 rings (SSSR count). The second kappa shape index (κ2) is 9.51. The van der Waals surface area contributed by atoms with Crippen LogP contribution in [0.25, 0.3) is 22.3 Å². The van der Waals surface area contributed by atoms with E-state index in [1.807, 2.05) is 46.4 Å². The third-order valence-corrected chi connectivity index (χ3v) is 8.14. The van der Waals surface area contributed by atoms with E-state index >= 15 is 0 Å². The zero-order chi connectivity index (χ0) is 23.5. The van der Waals surface area contributed by atoms with Crippen LogP contribution in [-0.2, 0) is 19.6 Å². The molecule has 1 aliphatic heterocycles. The summed E-state index contributed by atoms with van der Waals surface area (Å²) in [5, 5.41) is 4.81. The molecule has 0 radical (unpaired) electrons. The Morgan fingerprint density at radius 1 is 1.06 bits per heavy atom. The molecule has 1 saturated heterocycles. The highest BCUT2D eigenvalue weighted by Gasteiger charge is 2.25. The molecule has 0 unspecified atom stereocenters. The number of rotatable bonds is 6. The van der Waals surface area contributed by atoms with E-state index in [1.54, 1.807) is 41.7 Å². The van der Waals surface area contributed by atoms with E-state index in [4.69, 9.17) is 4.74 Å². The minimum Gasteiger partial charge on any atom is -0.379 e. The van der Waals surface area contributed by atoms with E-state index in [1.165, 1.54) is 10.4 Å². The normalized spacial score (nSPS) is 15.2.